The topological polar surface area (TPSA) is 0 Å². The van der Waals surface area contributed by atoms with Gasteiger partial charge in [-0.2, -0.15) is 0 Å². The van der Waals surface area contributed by atoms with E-state index in [1.807, 2.05) is 6.92 Å². The fourth-order valence-corrected chi connectivity index (χ4v) is 0. The molecule has 0 atom stereocenters. The molecule has 0 aliphatic heterocycles. The predicted molar refractivity (Wildman–Crippen MR) is 127 cm³/mol. The van der Waals surface area contributed by atoms with Crippen molar-refractivity contribution in [1.29, 1.82) is 0 Å². The van der Waals surface area contributed by atoms with Crippen molar-refractivity contribution in [3.63, 3.8) is 0 Å². The zero-order valence-corrected chi connectivity index (χ0v) is 16.3. The van der Waals surface area contributed by atoms with Gasteiger partial charge in [0.25, 0.3) is 0 Å². The Hall–Kier alpha value is -3.12. The lowest BCUT2D eigenvalue weighted by Crippen LogP contribution is -1.50. The van der Waals surface area contributed by atoms with Gasteiger partial charge in [-0.1, -0.05) is 151 Å². The summed E-state index contributed by atoms with van der Waals surface area (Å²) in [5.41, 5.74) is 1.02. The van der Waals surface area contributed by atoms with Gasteiger partial charge in [0.15, 0.2) is 0 Å². The fraction of sp³-hybridized carbons (Fsp3) is 0.0400. The fourth-order valence-electron chi connectivity index (χ4n) is 0. The van der Waals surface area contributed by atoms with E-state index in [0.717, 1.165) is 5.57 Å². The smallest absolute Gasteiger partial charge is 0.0404 e. The summed E-state index contributed by atoms with van der Waals surface area (Å²) >= 11 is 0. The Morgan fingerprint density at radius 3 is 0.480 bits per heavy atom. The lowest BCUT2D eigenvalue weighted by Gasteiger charge is -1.71. The second-order valence-corrected chi connectivity index (χ2v) is 3.41. The normalized spacial score (nSPS) is 5.32. The SMILES string of the molecule is C=CC(=C)C.C=CC=C.C=CC=C.C=CC=C.C=CC=C.C=CC=C. The monoisotopic (exact) mass is 338 g/mol. The molecule has 0 aromatic rings. The summed E-state index contributed by atoms with van der Waals surface area (Å²) in [6.07, 6.45) is 18.1. The van der Waals surface area contributed by atoms with E-state index in [9.17, 15) is 0 Å². The maximum Gasteiger partial charge on any atom is -0.0404 e. The molecule has 0 amide bonds. The van der Waals surface area contributed by atoms with Crippen molar-refractivity contribution in [2.24, 2.45) is 0 Å². The van der Waals surface area contributed by atoms with Crippen molar-refractivity contribution >= 4 is 0 Å². The molecule has 0 spiro atoms. The van der Waals surface area contributed by atoms with E-state index in [-0.39, 0.29) is 0 Å². The average Bonchev–Trinajstić information content (AvgIpc) is 2.68. The molecule has 0 nitrogen and oxygen atoms in total. The number of rotatable bonds is 6. The average molecular weight is 339 g/mol. The first kappa shape index (κ1) is 37.8. The molecule has 0 radical (unpaired) electrons. The Bertz CT molecular complexity index is 287. The molecule has 0 saturated carbocycles. The summed E-state index contributed by atoms with van der Waals surface area (Å²) in [6, 6.07) is 0. The lowest BCUT2D eigenvalue weighted by molar-refractivity contribution is 1.58. The number of hydrogen-bond acceptors (Lipinski definition) is 0. The van der Waals surface area contributed by atoms with Crippen molar-refractivity contribution in [2.45, 2.75) is 6.92 Å². The molecule has 0 aliphatic carbocycles. The zero-order valence-electron chi connectivity index (χ0n) is 16.3. The molecule has 25 heavy (non-hydrogen) atoms. The van der Waals surface area contributed by atoms with Crippen molar-refractivity contribution in [1.82, 2.24) is 0 Å². The highest BCUT2D eigenvalue weighted by Gasteiger charge is 1.59. The van der Waals surface area contributed by atoms with Crippen molar-refractivity contribution in [2.75, 3.05) is 0 Å². The largest absolute Gasteiger partial charge is 0.0991 e. The highest BCUT2D eigenvalue weighted by molar-refractivity contribution is 5.05. The van der Waals surface area contributed by atoms with Crippen LogP contribution in [0.2, 0.25) is 0 Å². The summed E-state index contributed by atoms with van der Waals surface area (Å²) in [6.45, 7) is 42.5. The molecule has 0 aromatic heterocycles. The summed E-state index contributed by atoms with van der Waals surface area (Å²) in [5.74, 6) is 0. The van der Waals surface area contributed by atoms with Crippen LogP contribution in [-0.4, -0.2) is 0 Å². The van der Waals surface area contributed by atoms with Crippen molar-refractivity contribution in [3.05, 3.63) is 151 Å². The van der Waals surface area contributed by atoms with Gasteiger partial charge in [0.1, 0.15) is 0 Å². The highest BCUT2D eigenvalue weighted by Crippen LogP contribution is 1.81. The quantitative estimate of drug-likeness (QED) is 0.425. The molecule has 0 bridgehead atoms. The van der Waals surface area contributed by atoms with Crippen LogP contribution in [0.15, 0.2) is 151 Å². The van der Waals surface area contributed by atoms with E-state index in [1.54, 1.807) is 66.8 Å². The molecule has 0 heterocycles. The second-order valence-electron chi connectivity index (χ2n) is 3.41. The van der Waals surface area contributed by atoms with Gasteiger partial charge < -0.3 is 0 Å². The number of allylic oxidation sites excluding steroid dienone is 12. The molecule has 0 aliphatic rings. The third-order valence-corrected chi connectivity index (χ3v) is 1.18. The minimum atomic E-state index is 1.02. The van der Waals surface area contributed by atoms with Crippen LogP contribution in [0.5, 0.6) is 0 Å². The predicted octanol–water partition coefficient (Wildman–Crippen LogP) is 8.54. The summed E-state index contributed by atoms with van der Waals surface area (Å²) in [7, 11) is 0. The zero-order chi connectivity index (χ0) is 21.4. The van der Waals surface area contributed by atoms with Gasteiger partial charge in [-0.05, 0) is 6.92 Å². The molecule has 0 saturated heterocycles. The lowest BCUT2D eigenvalue weighted by atomic mass is 10.4. The molecule has 138 valence electrons. The van der Waals surface area contributed by atoms with Crippen molar-refractivity contribution in [3.8, 4) is 0 Å². The van der Waals surface area contributed by atoms with Crippen LogP contribution in [-0.2, 0) is 0 Å². The third-order valence-electron chi connectivity index (χ3n) is 1.18. The minimum absolute atomic E-state index is 1.02. The van der Waals surface area contributed by atoms with E-state index in [1.165, 1.54) is 0 Å². The Morgan fingerprint density at radius 2 is 0.480 bits per heavy atom. The third kappa shape index (κ3) is 494. The van der Waals surface area contributed by atoms with Gasteiger partial charge in [0.05, 0.1) is 0 Å². The summed E-state index contributed by atoms with van der Waals surface area (Å²) in [4.78, 5) is 0. The van der Waals surface area contributed by atoms with Crippen LogP contribution in [0, 0.1) is 0 Å². The van der Waals surface area contributed by atoms with Crippen LogP contribution >= 0.6 is 0 Å². The molecular formula is C25H38. The van der Waals surface area contributed by atoms with Gasteiger partial charge in [-0.3, -0.25) is 0 Å². The molecule has 0 unspecified atom stereocenters. The Kier molecular flexibility index (Phi) is 105. The standard InChI is InChI=1S/C5H8.5C4H6/c1-4-5(2)3;5*1-3-4-2/h4H,1-2H2,3H3;5*3-4H,1-2H2. The van der Waals surface area contributed by atoms with Crippen LogP contribution in [0.3, 0.4) is 0 Å². The van der Waals surface area contributed by atoms with Gasteiger partial charge in [-0.25, -0.2) is 0 Å². The molecule has 0 fully saturated rings. The van der Waals surface area contributed by atoms with Crippen LogP contribution < -0.4 is 0 Å². The molecule has 0 N–H and O–H groups in total. The van der Waals surface area contributed by atoms with Crippen LogP contribution in [0.4, 0.5) is 0 Å². The van der Waals surface area contributed by atoms with Crippen LogP contribution in [0.1, 0.15) is 6.92 Å². The van der Waals surface area contributed by atoms with E-state index in [4.69, 9.17) is 0 Å². The molecular weight excluding hydrogens is 300 g/mol. The maximum absolute atomic E-state index is 3.56. The first-order valence-electron chi connectivity index (χ1n) is 7.30. The summed E-state index contributed by atoms with van der Waals surface area (Å²) in [5, 5.41) is 0. The second kappa shape index (κ2) is 69.7. The Balaban J connectivity index is -0.0000000434. The Morgan fingerprint density at radius 1 is 0.400 bits per heavy atom. The Labute approximate surface area is 158 Å². The van der Waals surface area contributed by atoms with E-state index >= 15 is 0 Å². The molecule has 0 heteroatoms. The van der Waals surface area contributed by atoms with Crippen molar-refractivity contribution < 1.29 is 0 Å². The van der Waals surface area contributed by atoms with E-state index in [2.05, 4.69) is 78.9 Å². The van der Waals surface area contributed by atoms with Gasteiger partial charge >= 0.3 is 0 Å². The van der Waals surface area contributed by atoms with Gasteiger partial charge in [0, 0.05) is 0 Å². The first-order chi connectivity index (χ1) is 11.8. The van der Waals surface area contributed by atoms with E-state index < -0.39 is 0 Å². The van der Waals surface area contributed by atoms with Gasteiger partial charge in [0.2, 0.25) is 0 Å². The van der Waals surface area contributed by atoms with Crippen LogP contribution in [0.25, 0.3) is 0 Å². The highest BCUT2D eigenvalue weighted by atomic mass is 13.7. The molecule has 0 rings (SSSR count). The van der Waals surface area contributed by atoms with Gasteiger partial charge in [-0.15, -0.1) is 0 Å². The summed E-state index contributed by atoms with van der Waals surface area (Å²) < 4.78 is 0. The molecule has 0 aromatic carbocycles. The van der Waals surface area contributed by atoms with E-state index in [0.29, 0.717) is 0 Å². The maximum atomic E-state index is 3.56. The minimum Gasteiger partial charge on any atom is -0.0991 e. The number of hydrogen-bond donors (Lipinski definition) is 0. The first-order valence-corrected chi connectivity index (χ1v) is 7.30.